The smallest absolute Gasteiger partial charge is 0.299 e. The van der Waals surface area contributed by atoms with E-state index in [2.05, 4.69) is 10.3 Å². The molecule has 0 bridgehead atoms. The van der Waals surface area contributed by atoms with Crippen LogP contribution in [0.25, 0.3) is 16.6 Å². The van der Waals surface area contributed by atoms with Gasteiger partial charge in [0.2, 0.25) is 0 Å². The van der Waals surface area contributed by atoms with Crippen LogP contribution in [0.5, 0.6) is 5.75 Å². The third kappa shape index (κ3) is 1.83. The summed E-state index contributed by atoms with van der Waals surface area (Å²) in [6.07, 6.45) is 0. The molecule has 0 spiro atoms. The van der Waals surface area contributed by atoms with E-state index in [9.17, 15) is 14.3 Å². The lowest BCUT2D eigenvalue weighted by molar-refractivity contribution is 0.469. The Kier molecular flexibility index (Phi) is 2.49. The minimum Gasteiger partial charge on any atom is -0.506 e. The number of halogens is 1. The number of phenols is 1. The maximum Gasteiger partial charge on any atom is 0.299 e. The van der Waals surface area contributed by atoms with E-state index in [1.54, 1.807) is 18.2 Å². The van der Waals surface area contributed by atoms with Crippen molar-refractivity contribution in [1.82, 2.24) is 15.0 Å². The van der Waals surface area contributed by atoms with Gasteiger partial charge in [-0.1, -0.05) is 22.4 Å². The molecule has 1 N–H and O–H groups in total. The van der Waals surface area contributed by atoms with Crippen LogP contribution in [0.1, 0.15) is 0 Å². The molecule has 1 heterocycles. The normalized spacial score (nSPS) is 10.8. The zero-order valence-electron chi connectivity index (χ0n) is 9.62. The second-order valence-corrected chi connectivity index (χ2v) is 3.96. The van der Waals surface area contributed by atoms with Crippen LogP contribution in [0.2, 0.25) is 0 Å². The van der Waals surface area contributed by atoms with Crippen LogP contribution in [0.4, 0.5) is 4.39 Å². The van der Waals surface area contributed by atoms with E-state index >= 15 is 0 Å². The molecule has 5 nitrogen and oxygen atoms in total. The van der Waals surface area contributed by atoms with Crippen LogP contribution in [0.3, 0.4) is 0 Å². The Morgan fingerprint density at radius 2 is 1.95 bits per heavy atom. The number of nitrogens with zero attached hydrogens (tertiary/aromatic N) is 3. The fourth-order valence-electron chi connectivity index (χ4n) is 1.87. The van der Waals surface area contributed by atoms with Gasteiger partial charge in [-0.2, -0.15) is 0 Å². The van der Waals surface area contributed by atoms with E-state index < -0.39 is 11.4 Å². The molecule has 1 aromatic heterocycles. The monoisotopic (exact) mass is 257 g/mol. The van der Waals surface area contributed by atoms with Crippen molar-refractivity contribution in [3.8, 4) is 11.4 Å². The fraction of sp³-hybridized carbons (Fsp3) is 0. The van der Waals surface area contributed by atoms with Crippen LogP contribution in [0.15, 0.2) is 47.3 Å². The molecular weight excluding hydrogens is 249 g/mol. The highest BCUT2D eigenvalue weighted by atomic mass is 19.1. The van der Waals surface area contributed by atoms with Crippen molar-refractivity contribution >= 4 is 10.9 Å². The van der Waals surface area contributed by atoms with Crippen LogP contribution < -0.4 is 5.56 Å². The van der Waals surface area contributed by atoms with Gasteiger partial charge >= 0.3 is 0 Å². The number of phenolic OH excluding ortho intramolecular Hbond substituents is 1. The van der Waals surface area contributed by atoms with E-state index in [0.717, 1.165) is 6.07 Å². The summed E-state index contributed by atoms with van der Waals surface area (Å²) in [4.78, 5) is 11.6. The Labute approximate surface area is 106 Å². The van der Waals surface area contributed by atoms with Gasteiger partial charge in [0.1, 0.15) is 17.3 Å². The summed E-state index contributed by atoms with van der Waals surface area (Å²) in [5.74, 6) is -0.535. The first-order chi connectivity index (χ1) is 9.16. The summed E-state index contributed by atoms with van der Waals surface area (Å²) in [6, 6.07) is 10.2. The minimum absolute atomic E-state index is 0.00826. The highest BCUT2D eigenvalue weighted by Gasteiger charge is 2.10. The third-order valence-electron chi connectivity index (χ3n) is 2.75. The average Bonchev–Trinajstić information content (AvgIpc) is 2.41. The minimum atomic E-state index is -0.610. The molecule has 0 amide bonds. The number of benzene rings is 2. The Morgan fingerprint density at radius 1 is 1.16 bits per heavy atom. The molecule has 0 saturated carbocycles. The van der Waals surface area contributed by atoms with Gasteiger partial charge in [-0.15, -0.1) is 0 Å². The van der Waals surface area contributed by atoms with Crippen LogP contribution >= 0.6 is 0 Å². The Balaban J connectivity index is 2.41. The van der Waals surface area contributed by atoms with Crippen molar-refractivity contribution < 1.29 is 9.50 Å². The van der Waals surface area contributed by atoms with Gasteiger partial charge < -0.3 is 5.11 Å². The number of hydrogen-bond donors (Lipinski definition) is 1. The summed E-state index contributed by atoms with van der Waals surface area (Å²) < 4.78 is 14.5. The molecule has 0 aliphatic heterocycles. The topological polar surface area (TPSA) is 68.0 Å². The molecule has 0 fully saturated rings. The van der Waals surface area contributed by atoms with Crippen LogP contribution in [0, 0.1) is 5.82 Å². The van der Waals surface area contributed by atoms with Gasteiger partial charge in [0.25, 0.3) is 5.56 Å². The van der Waals surface area contributed by atoms with E-state index in [1.807, 2.05) is 0 Å². The summed E-state index contributed by atoms with van der Waals surface area (Å²) >= 11 is 0. The number of aromatic hydroxyl groups is 1. The number of para-hydroxylation sites is 2. The lowest BCUT2D eigenvalue weighted by Gasteiger charge is -2.09. The standard InChI is InChI=1S/C13H8FN3O2/c14-8-5-6-10-9(7-8)13(19)15-16-17(10)11-3-1-2-4-12(11)18/h1-7,18H. The van der Waals surface area contributed by atoms with Gasteiger partial charge in [-0.3, -0.25) is 4.79 Å². The maximum absolute atomic E-state index is 13.2. The predicted molar refractivity (Wildman–Crippen MR) is 66.8 cm³/mol. The van der Waals surface area contributed by atoms with Gasteiger partial charge in [-0.05, 0) is 30.3 Å². The molecule has 0 saturated heterocycles. The van der Waals surface area contributed by atoms with Crippen molar-refractivity contribution in [2.24, 2.45) is 0 Å². The summed E-state index contributed by atoms with van der Waals surface area (Å²) in [5.41, 5.74) is 0.135. The molecule has 0 unspecified atom stereocenters. The zero-order valence-corrected chi connectivity index (χ0v) is 9.62. The van der Waals surface area contributed by atoms with Gasteiger partial charge in [0.15, 0.2) is 0 Å². The van der Waals surface area contributed by atoms with E-state index in [-0.39, 0.29) is 11.1 Å². The lowest BCUT2D eigenvalue weighted by atomic mass is 10.2. The highest BCUT2D eigenvalue weighted by Crippen LogP contribution is 2.22. The largest absolute Gasteiger partial charge is 0.506 e. The molecule has 0 aliphatic rings. The fourth-order valence-corrected chi connectivity index (χ4v) is 1.87. The molecule has 19 heavy (non-hydrogen) atoms. The van der Waals surface area contributed by atoms with Gasteiger partial charge in [0.05, 0.1) is 10.9 Å². The third-order valence-corrected chi connectivity index (χ3v) is 2.75. The number of hydrogen-bond acceptors (Lipinski definition) is 4. The molecule has 94 valence electrons. The first-order valence-electron chi connectivity index (χ1n) is 5.50. The molecule has 2 aromatic carbocycles. The van der Waals surface area contributed by atoms with Gasteiger partial charge in [0, 0.05) is 0 Å². The van der Waals surface area contributed by atoms with Gasteiger partial charge in [-0.25, -0.2) is 9.07 Å². The van der Waals surface area contributed by atoms with Crippen LogP contribution in [-0.4, -0.2) is 20.1 Å². The van der Waals surface area contributed by atoms with E-state index in [1.165, 1.54) is 22.9 Å². The first kappa shape index (κ1) is 11.3. The molecule has 6 heteroatoms. The summed E-state index contributed by atoms with van der Waals surface area (Å²) in [6.45, 7) is 0. The lowest BCUT2D eigenvalue weighted by Crippen LogP contribution is -2.16. The average molecular weight is 257 g/mol. The Hall–Kier alpha value is -2.76. The molecule has 0 aliphatic carbocycles. The maximum atomic E-state index is 13.2. The van der Waals surface area contributed by atoms with Crippen molar-refractivity contribution in [2.45, 2.75) is 0 Å². The number of fused-ring (bicyclic) bond motifs is 1. The second kappa shape index (κ2) is 4.16. The van der Waals surface area contributed by atoms with Crippen molar-refractivity contribution in [3.05, 3.63) is 58.6 Å². The molecule has 3 aromatic rings. The van der Waals surface area contributed by atoms with Crippen molar-refractivity contribution in [2.75, 3.05) is 0 Å². The predicted octanol–water partition coefficient (Wildman–Crippen LogP) is 1.63. The zero-order chi connectivity index (χ0) is 13.4. The number of aromatic nitrogens is 3. The quantitative estimate of drug-likeness (QED) is 0.719. The molecule has 0 radical (unpaired) electrons. The first-order valence-corrected chi connectivity index (χ1v) is 5.50. The SMILES string of the molecule is O=c1nnn(-c2ccccc2O)c2ccc(F)cc12. The van der Waals surface area contributed by atoms with Crippen molar-refractivity contribution in [3.63, 3.8) is 0 Å². The number of rotatable bonds is 1. The Morgan fingerprint density at radius 3 is 2.74 bits per heavy atom. The van der Waals surface area contributed by atoms with Crippen molar-refractivity contribution in [1.29, 1.82) is 0 Å². The molecule has 3 rings (SSSR count). The Bertz CT molecular complexity index is 829. The molecular formula is C13H8FN3O2. The van der Waals surface area contributed by atoms with Crippen LogP contribution in [-0.2, 0) is 0 Å². The summed E-state index contributed by atoms with van der Waals surface area (Å²) in [5, 5.41) is 17.1. The molecule has 0 atom stereocenters. The highest BCUT2D eigenvalue weighted by molar-refractivity contribution is 5.79. The second-order valence-electron chi connectivity index (χ2n) is 3.96. The van der Waals surface area contributed by atoms with E-state index in [0.29, 0.717) is 11.2 Å². The van der Waals surface area contributed by atoms with E-state index in [4.69, 9.17) is 0 Å². The summed E-state index contributed by atoms with van der Waals surface area (Å²) in [7, 11) is 0.